The van der Waals surface area contributed by atoms with E-state index in [9.17, 15) is 14.4 Å². The molecule has 1 aromatic heterocycles. The van der Waals surface area contributed by atoms with Gasteiger partial charge in [0.05, 0.1) is 5.56 Å². The zero-order chi connectivity index (χ0) is 25.1. The molecule has 1 saturated carbocycles. The first-order chi connectivity index (χ1) is 17.5. The molecule has 1 saturated heterocycles. The van der Waals surface area contributed by atoms with Crippen molar-refractivity contribution in [3.63, 3.8) is 0 Å². The molecule has 8 nitrogen and oxygen atoms in total. The molecule has 184 valence electrons. The van der Waals surface area contributed by atoms with Crippen molar-refractivity contribution in [3.8, 4) is 11.1 Å². The monoisotopic (exact) mass is 484 g/mol. The van der Waals surface area contributed by atoms with E-state index in [0.717, 1.165) is 23.2 Å². The van der Waals surface area contributed by atoms with Gasteiger partial charge in [0.2, 0.25) is 5.91 Å². The minimum absolute atomic E-state index is 0.214. The SMILES string of the molecule is O=C(O)c1ccc(-c2ccc(NC(=O)[C@H]3CCCN3C(=O)Nc3ccc(C4CCC4)cc3)nc2)cc1. The molecular weight excluding hydrogens is 456 g/mol. The van der Waals surface area contributed by atoms with Crippen molar-refractivity contribution in [2.75, 3.05) is 17.2 Å². The van der Waals surface area contributed by atoms with E-state index in [1.165, 1.54) is 37.0 Å². The minimum atomic E-state index is -0.978. The molecule has 0 unspecified atom stereocenters. The van der Waals surface area contributed by atoms with Crippen LogP contribution in [0.25, 0.3) is 11.1 Å². The lowest BCUT2D eigenvalue weighted by Gasteiger charge is -2.26. The van der Waals surface area contributed by atoms with Gasteiger partial charge in [-0.1, -0.05) is 30.7 Å². The number of hydrogen-bond acceptors (Lipinski definition) is 4. The van der Waals surface area contributed by atoms with Crippen molar-refractivity contribution < 1.29 is 19.5 Å². The van der Waals surface area contributed by atoms with Gasteiger partial charge in [-0.2, -0.15) is 0 Å². The first-order valence-corrected chi connectivity index (χ1v) is 12.3. The molecule has 2 aromatic carbocycles. The van der Waals surface area contributed by atoms with E-state index in [2.05, 4.69) is 27.8 Å². The van der Waals surface area contributed by atoms with Crippen LogP contribution in [0.2, 0.25) is 0 Å². The van der Waals surface area contributed by atoms with E-state index >= 15 is 0 Å². The molecule has 1 aliphatic carbocycles. The average Bonchev–Trinajstić information content (AvgIpc) is 3.35. The molecule has 2 heterocycles. The number of nitrogens with one attached hydrogen (secondary N) is 2. The smallest absolute Gasteiger partial charge is 0.335 e. The molecule has 0 spiro atoms. The summed E-state index contributed by atoms with van der Waals surface area (Å²) >= 11 is 0. The van der Waals surface area contributed by atoms with Crippen LogP contribution in [-0.2, 0) is 4.79 Å². The molecule has 2 fully saturated rings. The predicted octanol–water partition coefficient (Wildman–Crippen LogP) is 5.35. The van der Waals surface area contributed by atoms with Crippen LogP contribution < -0.4 is 10.6 Å². The highest BCUT2D eigenvalue weighted by Crippen LogP contribution is 2.36. The van der Waals surface area contributed by atoms with Gasteiger partial charge in [0.1, 0.15) is 11.9 Å². The van der Waals surface area contributed by atoms with Gasteiger partial charge in [0, 0.05) is 24.0 Å². The number of aromatic carboxylic acids is 1. The molecule has 3 amide bonds. The summed E-state index contributed by atoms with van der Waals surface area (Å²) < 4.78 is 0. The third kappa shape index (κ3) is 5.07. The van der Waals surface area contributed by atoms with Crippen LogP contribution in [0.3, 0.4) is 0 Å². The number of likely N-dealkylation sites (tertiary alicyclic amines) is 1. The summed E-state index contributed by atoms with van der Waals surface area (Å²) in [5.74, 6) is -0.213. The van der Waals surface area contributed by atoms with Crippen molar-refractivity contribution in [2.45, 2.75) is 44.1 Å². The molecule has 3 aromatic rings. The van der Waals surface area contributed by atoms with E-state index < -0.39 is 12.0 Å². The van der Waals surface area contributed by atoms with Crippen molar-refractivity contribution in [1.82, 2.24) is 9.88 Å². The highest BCUT2D eigenvalue weighted by atomic mass is 16.4. The normalized spacial score (nSPS) is 17.3. The van der Waals surface area contributed by atoms with Gasteiger partial charge in [-0.05, 0) is 79.1 Å². The second kappa shape index (κ2) is 10.2. The number of rotatable bonds is 6. The Balaban J connectivity index is 1.19. The Morgan fingerprint density at radius 1 is 0.833 bits per heavy atom. The quantitative estimate of drug-likeness (QED) is 0.437. The Bertz CT molecular complexity index is 1250. The lowest BCUT2D eigenvalue weighted by molar-refractivity contribution is -0.119. The van der Waals surface area contributed by atoms with E-state index in [1.54, 1.807) is 29.3 Å². The lowest BCUT2D eigenvalue weighted by atomic mass is 9.80. The number of carbonyl (C=O) groups is 3. The van der Waals surface area contributed by atoms with Gasteiger partial charge in [0.25, 0.3) is 0 Å². The summed E-state index contributed by atoms with van der Waals surface area (Å²) in [6.07, 6.45) is 6.71. The molecule has 3 N–H and O–H groups in total. The van der Waals surface area contributed by atoms with E-state index in [0.29, 0.717) is 24.7 Å². The summed E-state index contributed by atoms with van der Waals surface area (Å²) in [6.45, 7) is 0.517. The van der Waals surface area contributed by atoms with Crippen LogP contribution in [-0.4, -0.2) is 45.5 Å². The first kappa shape index (κ1) is 23.5. The van der Waals surface area contributed by atoms with Crippen molar-refractivity contribution >= 4 is 29.4 Å². The van der Waals surface area contributed by atoms with E-state index in [1.807, 2.05) is 18.2 Å². The highest BCUT2D eigenvalue weighted by Gasteiger charge is 2.34. The third-order valence-corrected chi connectivity index (χ3v) is 7.03. The molecule has 2 aliphatic rings. The van der Waals surface area contributed by atoms with Gasteiger partial charge in [-0.25, -0.2) is 14.6 Å². The van der Waals surface area contributed by atoms with Crippen molar-refractivity contribution in [2.24, 2.45) is 0 Å². The number of pyridine rings is 1. The topological polar surface area (TPSA) is 112 Å². The van der Waals surface area contributed by atoms with Gasteiger partial charge in [0.15, 0.2) is 0 Å². The summed E-state index contributed by atoms with van der Waals surface area (Å²) in [4.78, 5) is 42.8. The largest absolute Gasteiger partial charge is 0.478 e. The molecule has 0 bridgehead atoms. The van der Waals surface area contributed by atoms with Crippen LogP contribution in [0.4, 0.5) is 16.3 Å². The Morgan fingerprint density at radius 2 is 1.56 bits per heavy atom. The zero-order valence-electron chi connectivity index (χ0n) is 19.8. The maximum atomic E-state index is 13.0. The Hall–Kier alpha value is -4.20. The van der Waals surface area contributed by atoms with E-state index in [4.69, 9.17) is 5.11 Å². The number of carbonyl (C=O) groups excluding carboxylic acids is 2. The number of aromatic nitrogens is 1. The Labute approximate surface area is 209 Å². The van der Waals surface area contributed by atoms with Gasteiger partial charge < -0.3 is 20.6 Å². The molecule has 0 radical (unpaired) electrons. The van der Waals surface area contributed by atoms with Gasteiger partial charge >= 0.3 is 12.0 Å². The third-order valence-electron chi connectivity index (χ3n) is 7.03. The van der Waals surface area contributed by atoms with Crippen molar-refractivity contribution in [3.05, 3.63) is 78.0 Å². The number of carboxylic acids is 1. The van der Waals surface area contributed by atoms with Crippen LogP contribution in [0, 0.1) is 0 Å². The lowest BCUT2D eigenvalue weighted by Crippen LogP contribution is -2.45. The second-order valence-electron chi connectivity index (χ2n) is 9.34. The average molecular weight is 485 g/mol. The predicted molar refractivity (Wildman–Crippen MR) is 137 cm³/mol. The second-order valence-corrected chi connectivity index (χ2v) is 9.34. The number of nitrogens with zero attached hydrogens (tertiary/aromatic N) is 2. The molecule has 1 atom stereocenters. The van der Waals surface area contributed by atoms with Crippen LogP contribution in [0.15, 0.2) is 66.9 Å². The summed E-state index contributed by atoms with van der Waals surface area (Å²) in [5.41, 5.74) is 3.88. The summed E-state index contributed by atoms with van der Waals surface area (Å²) in [6, 6.07) is 17.2. The number of benzene rings is 2. The number of amides is 3. The number of urea groups is 1. The molecule has 36 heavy (non-hydrogen) atoms. The first-order valence-electron chi connectivity index (χ1n) is 12.3. The summed E-state index contributed by atoms with van der Waals surface area (Å²) in [7, 11) is 0. The number of hydrogen-bond donors (Lipinski definition) is 3. The number of anilines is 2. The molecule has 1 aliphatic heterocycles. The fourth-order valence-electron chi connectivity index (χ4n) is 4.71. The maximum Gasteiger partial charge on any atom is 0.335 e. The van der Waals surface area contributed by atoms with Crippen LogP contribution in [0.5, 0.6) is 0 Å². The standard InChI is InChI=1S/C28H28N4O4/c33-26(31-25-15-12-22(17-29-25)20-6-8-21(9-7-20)27(34)35)24-5-2-16-32(24)28(36)30-23-13-10-19(11-14-23)18-3-1-4-18/h6-15,17-18,24H,1-5,16H2,(H,30,36)(H,34,35)(H,29,31,33)/t24-/m1/s1. The van der Waals surface area contributed by atoms with Crippen molar-refractivity contribution in [1.29, 1.82) is 0 Å². The Morgan fingerprint density at radius 3 is 2.17 bits per heavy atom. The highest BCUT2D eigenvalue weighted by molar-refractivity contribution is 5.99. The van der Waals surface area contributed by atoms with Crippen LogP contribution in [0.1, 0.15) is 53.9 Å². The Kier molecular flexibility index (Phi) is 6.66. The fourth-order valence-corrected chi connectivity index (χ4v) is 4.71. The number of carboxylic acid groups (broad SMARTS) is 1. The molecular formula is C28H28N4O4. The minimum Gasteiger partial charge on any atom is -0.478 e. The molecule has 5 rings (SSSR count). The fraction of sp³-hybridized carbons (Fsp3) is 0.286. The molecule has 8 heteroatoms. The maximum absolute atomic E-state index is 13.0. The summed E-state index contributed by atoms with van der Waals surface area (Å²) in [5, 5.41) is 14.8. The van der Waals surface area contributed by atoms with E-state index in [-0.39, 0.29) is 17.5 Å². The van der Waals surface area contributed by atoms with Crippen LogP contribution >= 0.6 is 0 Å². The van der Waals surface area contributed by atoms with Gasteiger partial charge in [-0.15, -0.1) is 0 Å². The van der Waals surface area contributed by atoms with Gasteiger partial charge in [-0.3, -0.25) is 4.79 Å². The zero-order valence-corrected chi connectivity index (χ0v) is 19.8.